The molecule has 0 atom stereocenters. The van der Waals surface area contributed by atoms with Crippen molar-refractivity contribution in [3.8, 4) is 0 Å². The van der Waals surface area contributed by atoms with E-state index in [0.717, 1.165) is 11.3 Å². The molecule has 0 saturated heterocycles. The van der Waals surface area contributed by atoms with E-state index >= 15 is 0 Å². The second kappa shape index (κ2) is 6.71. The first-order chi connectivity index (χ1) is 11.0. The van der Waals surface area contributed by atoms with Gasteiger partial charge < -0.3 is 0 Å². The lowest BCUT2D eigenvalue weighted by atomic mass is 10.2. The summed E-state index contributed by atoms with van der Waals surface area (Å²) in [7, 11) is 1.96. The summed E-state index contributed by atoms with van der Waals surface area (Å²) in [4.78, 5) is 18.7. The van der Waals surface area contributed by atoms with E-state index in [4.69, 9.17) is 23.2 Å². The molecule has 0 unspecified atom stereocenters. The summed E-state index contributed by atoms with van der Waals surface area (Å²) in [6.07, 6.45) is 1.71. The van der Waals surface area contributed by atoms with E-state index in [1.54, 1.807) is 18.3 Å². The molecule has 2 aromatic heterocycles. The summed E-state index contributed by atoms with van der Waals surface area (Å²) in [5, 5.41) is 1.25. The van der Waals surface area contributed by atoms with Crippen LogP contribution in [0.4, 0.5) is 0 Å². The summed E-state index contributed by atoms with van der Waals surface area (Å²) in [5.41, 5.74) is 2.28. The van der Waals surface area contributed by atoms with Crippen LogP contribution in [0.2, 0.25) is 10.0 Å². The lowest BCUT2D eigenvalue weighted by Gasteiger charge is -2.17. The van der Waals surface area contributed by atoms with Gasteiger partial charge in [-0.15, -0.1) is 0 Å². The molecule has 2 heterocycles. The largest absolute Gasteiger partial charge is 0.296 e. The van der Waals surface area contributed by atoms with Crippen LogP contribution in [0.5, 0.6) is 0 Å². The van der Waals surface area contributed by atoms with Crippen LogP contribution in [-0.4, -0.2) is 21.3 Å². The third-order valence-electron chi connectivity index (χ3n) is 3.51. The molecule has 0 aliphatic carbocycles. The molecular formula is C17H15Cl2N3O. The fourth-order valence-electron chi connectivity index (χ4n) is 2.46. The Hall–Kier alpha value is -1.88. The smallest absolute Gasteiger partial charge is 0.258 e. The predicted molar refractivity (Wildman–Crippen MR) is 93.1 cm³/mol. The molecule has 0 amide bonds. The Kier molecular flexibility index (Phi) is 4.66. The van der Waals surface area contributed by atoms with Gasteiger partial charge in [0.2, 0.25) is 0 Å². The van der Waals surface area contributed by atoms with Crippen molar-refractivity contribution in [2.24, 2.45) is 0 Å². The number of aromatic nitrogens is 2. The van der Waals surface area contributed by atoms with E-state index < -0.39 is 0 Å². The van der Waals surface area contributed by atoms with Gasteiger partial charge in [0.05, 0.1) is 5.69 Å². The van der Waals surface area contributed by atoms with E-state index in [-0.39, 0.29) is 5.56 Å². The summed E-state index contributed by atoms with van der Waals surface area (Å²) < 4.78 is 1.53. The van der Waals surface area contributed by atoms with Crippen molar-refractivity contribution in [2.75, 3.05) is 7.05 Å². The second-order valence-electron chi connectivity index (χ2n) is 5.42. The first-order valence-electron chi connectivity index (χ1n) is 7.13. The maximum absolute atomic E-state index is 12.1. The molecule has 23 heavy (non-hydrogen) atoms. The highest BCUT2D eigenvalue weighted by Crippen LogP contribution is 2.22. The van der Waals surface area contributed by atoms with Crippen molar-refractivity contribution in [1.82, 2.24) is 14.3 Å². The number of rotatable bonds is 4. The third-order valence-corrected chi connectivity index (χ3v) is 4.10. The monoisotopic (exact) mass is 347 g/mol. The molecule has 0 radical (unpaired) electrons. The molecule has 0 aliphatic heterocycles. The van der Waals surface area contributed by atoms with Crippen molar-refractivity contribution in [1.29, 1.82) is 0 Å². The molecular weight excluding hydrogens is 333 g/mol. The quantitative estimate of drug-likeness (QED) is 0.723. The average molecular weight is 348 g/mol. The number of hydrogen-bond donors (Lipinski definition) is 0. The van der Waals surface area contributed by atoms with Crippen molar-refractivity contribution in [3.05, 3.63) is 80.3 Å². The Morgan fingerprint density at radius 1 is 1.13 bits per heavy atom. The van der Waals surface area contributed by atoms with Gasteiger partial charge in [-0.05, 0) is 36.9 Å². The Morgan fingerprint density at radius 2 is 1.96 bits per heavy atom. The average Bonchev–Trinajstić information content (AvgIpc) is 2.50. The van der Waals surface area contributed by atoms with Gasteiger partial charge in [0.1, 0.15) is 5.65 Å². The van der Waals surface area contributed by atoms with E-state index in [9.17, 15) is 4.79 Å². The maximum atomic E-state index is 12.1. The Balaban J connectivity index is 1.80. The van der Waals surface area contributed by atoms with Gasteiger partial charge in [0.25, 0.3) is 5.56 Å². The van der Waals surface area contributed by atoms with Crippen LogP contribution in [0.25, 0.3) is 5.65 Å². The number of hydrogen-bond acceptors (Lipinski definition) is 3. The van der Waals surface area contributed by atoms with Gasteiger partial charge in [-0.25, -0.2) is 4.98 Å². The van der Waals surface area contributed by atoms with Crippen LogP contribution in [-0.2, 0) is 13.1 Å². The van der Waals surface area contributed by atoms with Crippen LogP contribution < -0.4 is 5.56 Å². The minimum atomic E-state index is -0.0801. The molecule has 118 valence electrons. The highest BCUT2D eigenvalue weighted by Gasteiger charge is 2.08. The molecule has 0 aliphatic rings. The summed E-state index contributed by atoms with van der Waals surface area (Å²) in [6, 6.07) is 12.5. The van der Waals surface area contributed by atoms with Crippen molar-refractivity contribution in [3.63, 3.8) is 0 Å². The molecule has 3 aromatic rings. The molecule has 0 saturated carbocycles. The molecule has 1 aromatic carbocycles. The van der Waals surface area contributed by atoms with E-state index in [1.807, 2.05) is 37.4 Å². The van der Waals surface area contributed by atoms with Crippen molar-refractivity contribution < 1.29 is 0 Å². The lowest BCUT2D eigenvalue weighted by Crippen LogP contribution is -2.21. The van der Waals surface area contributed by atoms with Gasteiger partial charge in [0.15, 0.2) is 0 Å². The molecule has 4 nitrogen and oxygen atoms in total. The summed E-state index contributed by atoms with van der Waals surface area (Å²) >= 11 is 12.1. The van der Waals surface area contributed by atoms with Gasteiger partial charge in [-0.3, -0.25) is 14.1 Å². The number of fused-ring (bicyclic) bond motifs is 1. The van der Waals surface area contributed by atoms with E-state index in [0.29, 0.717) is 28.8 Å². The van der Waals surface area contributed by atoms with Crippen molar-refractivity contribution >= 4 is 28.8 Å². The van der Waals surface area contributed by atoms with Gasteiger partial charge in [-0.2, -0.15) is 0 Å². The second-order valence-corrected chi connectivity index (χ2v) is 6.27. The highest BCUT2D eigenvalue weighted by atomic mass is 35.5. The van der Waals surface area contributed by atoms with Gasteiger partial charge >= 0.3 is 0 Å². The molecule has 3 rings (SSSR count). The Morgan fingerprint density at radius 3 is 2.74 bits per heavy atom. The summed E-state index contributed by atoms with van der Waals surface area (Å²) in [6.45, 7) is 1.20. The number of nitrogens with zero attached hydrogens (tertiary/aromatic N) is 3. The molecule has 6 heteroatoms. The molecule has 0 spiro atoms. The van der Waals surface area contributed by atoms with Crippen molar-refractivity contribution in [2.45, 2.75) is 13.1 Å². The Bertz CT molecular complexity index is 908. The fourth-order valence-corrected chi connectivity index (χ4v) is 2.93. The standard InChI is InChI=1S/C17H15Cl2N3O/c1-21(10-12-5-6-13(18)8-15(12)19)11-14-9-17(23)22-7-3-2-4-16(22)20-14/h2-9H,10-11H2,1H3. The minimum absolute atomic E-state index is 0.0801. The lowest BCUT2D eigenvalue weighted by molar-refractivity contribution is 0.315. The number of halogens is 2. The van der Waals surface area contributed by atoms with Gasteiger partial charge in [-0.1, -0.05) is 35.3 Å². The zero-order valence-electron chi connectivity index (χ0n) is 12.5. The van der Waals surface area contributed by atoms with Crippen LogP contribution in [0, 0.1) is 0 Å². The van der Waals surface area contributed by atoms with Crippen LogP contribution in [0.3, 0.4) is 0 Å². The number of pyridine rings is 1. The topological polar surface area (TPSA) is 37.6 Å². The van der Waals surface area contributed by atoms with Gasteiger partial charge in [0, 0.05) is 35.4 Å². The van der Waals surface area contributed by atoms with Crippen LogP contribution in [0.1, 0.15) is 11.3 Å². The highest BCUT2D eigenvalue weighted by molar-refractivity contribution is 6.35. The van der Waals surface area contributed by atoms with E-state index in [2.05, 4.69) is 9.88 Å². The zero-order valence-corrected chi connectivity index (χ0v) is 14.1. The van der Waals surface area contributed by atoms with Crippen LogP contribution in [0.15, 0.2) is 53.5 Å². The summed E-state index contributed by atoms with van der Waals surface area (Å²) in [5.74, 6) is 0. The SMILES string of the molecule is CN(Cc1cc(=O)n2ccccc2n1)Cc1ccc(Cl)cc1Cl. The fraction of sp³-hybridized carbons (Fsp3) is 0.176. The van der Waals surface area contributed by atoms with E-state index in [1.165, 1.54) is 4.40 Å². The molecule has 0 N–H and O–H groups in total. The van der Waals surface area contributed by atoms with Crippen LogP contribution >= 0.6 is 23.2 Å². The first kappa shape index (κ1) is 16.0. The molecule has 0 fully saturated rings. The first-order valence-corrected chi connectivity index (χ1v) is 7.88. The Labute approximate surface area is 143 Å². The predicted octanol–water partition coefficient (Wildman–Crippen LogP) is 3.63. The normalized spacial score (nSPS) is 11.3. The minimum Gasteiger partial charge on any atom is -0.296 e. The molecule has 0 bridgehead atoms. The number of benzene rings is 1. The maximum Gasteiger partial charge on any atom is 0.258 e. The third kappa shape index (κ3) is 3.72. The zero-order chi connectivity index (χ0) is 16.4.